The maximum atomic E-state index is 11.8. The molecule has 0 aliphatic carbocycles. The van der Waals surface area contributed by atoms with Gasteiger partial charge >= 0.3 is 0 Å². The minimum atomic E-state index is 0.0227. The summed E-state index contributed by atoms with van der Waals surface area (Å²) in [7, 11) is 1.64. The lowest BCUT2D eigenvalue weighted by Crippen LogP contribution is -2.28. The number of carbonyl (C=O) groups excluding carboxylic acids is 1. The maximum Gasteiger partial charge on any atom is 0.211 e. The van der Waals surface area contributed by atoms with Gasteiger partial charge in [0.2, 0.25) is 5.78 Å². The molecule has 5 heteroatoms. The van der Waals surface area contributed by atoms with Gasteiger partial charge in [0.25, 0.3) is 0 Å². The van der Waals surface area contributed by atoms with E-state index in [1.165, 1.54) is 0 Å². The van der Waals surface area contributed by atoms with Crippen LogP contribution < -0.4 is 5.32 Å². The molecule has 0 unspecified atom stereocenters. The van der Waals surface area contributed by atoms with E-state index in [1.54, 1.807) is 13.3 Å². The Morgan fingerprint density at radius 1 is 1.62 bits per heavy atom. The van der Waals surface area contributed by atoms with Gasteiger partial charge in [-0.25, -0.2) is 4.98 Å². The Morgan fingerprint density at radius 3 is 3.12 bits per heavy atom. The van der Waals surface area contributed by atoms with E-state index in [0.29, 0.717) is 25.5 Å². The fourth-order valence-electron chi connectivity index (χ4n) is 1.44. The van der Waals surface area contributed by atoms with Crippen molar-refractivity contribution in [2.24, 2.45) is 0 Å². The summed E-state index contributed by atoms with van der Waals surface area (Å²) in [6.45, 7) is 4.50. The van der Waals surface area contributed by atoms with Crippen molar-refractivity contribution in [1.82, 2.24) is 14.9 Å². The number of aryl methyl sites for hydroxylation is 1. The van der Waals surface area contributed by atoms with Crippen molar-refractivity contribution in [3.8, 4) is 0 Å². The molecule has 0 amide bonds. The van der Waals surface area contributed by atoms with E-state index in [-0.39, 0.29) is 5.78 Å². The Hall–Kier alpha value is -1.20. The van der Waals surface area contributed by atoms with Crippen LogP contribution in [0.1, 0.15) is 24.0 Å². The van der Waals surface area contributed by atoms with Gasteiger partial charge in [0.1, 0.15) is 0 Å². The van der Waals surface area contributed by atoms with E-state index in [2.05, 4.69) is 17.2 Å². The van der Waals surface area contributed by atoms with E-state index in [4.69, 9.17) is 4.74 Å². The van der Waals surface area contributed by atoms with Gasteiger partial charge in [-0.05, 0) is 6.42 Å². The summed E-state index contributed by atoms with van der Waals surface area (Å²) in [6, 6.07) is 0. The fourth-order valence-corrected chi connectivity index (χ4v) is 1.44. The minimum Gasteiger partial charge on any atom is -0.383 e. The van der Waals surface area contributed by atoms with Gasteiger partial charge in [-0.2, -0.15) is 0 Å². The second kappa shape index (κ2) is 7.14. The molecule has 0 fully saturated rings. The van der Waals surface area contributed by atoms with Crippen LogP contribution in [0.5, 0.6) is 0 Å². The number of hydrogen-bond donors (Lipinski definition) is 1. The Bertz CT molecular complexity index is 323. The predicted octanol–water partition coefficient (Wildman–Crippen LogP) is 0.712. The number of ketones is 1. The van der Waals surface area contributed by atoms with Crippen LogP contribution in [-0.4, -0.2) is 42.1 Å². The zero-order valence-electron chi connectivity index (χ0n) is 9.90. The van der Waals surface area contributed by atoms with Gasteiger partial charge in [0.15, 0.2) is 5.82 Å². The van der Waals surface area contributed by atoms with Crippen LogP contribution in [0.25, 0.3) is 0 Å². The molecule has 0 spiro atoms. The van der Waals surface area contributed by atoms with Crippen LogP contribution in [0, 0.1) is 0 Å². The third kappa shape index (κ3) is 3.75. The summed E-state index contributed by atoms with van der Waals surface area (Å²) in [4.78, 5) is 15.9. The minimum absolute atomic E-state index is 0.0227. The molecular formula is C11H19N3O2. The van der Waals surface area contributed by atoms with Crippen LogP contribution >= 0.6 is 0 Å². The number of nitrogens with one attached hydrogen (secondary N) is 1. The number of Topliss-reactive ketones (excluding diaryl/α,β-unsaturated/α-hetero) is 1. The van der Waals surface area contributed by atoms with Gasteiger partial charge in [-0.1, -0.05) is 6.92 Å². The molecule has 1 aromatic rings. The molecule has 0 bridgehead atoms. The summed E-state index contributed by atoms with van der Waals surface area (Å²) in [5, 5.41) is 3.02. The van der Waals surface area contributed by atoms with E-state index in [1.807, 2.05) is 10.8 Å². The van der Waals surface area contributed by atoms with E-state index in [9.17, 15) is 4.79 Å². The van der Waals surface area contributed by atoms with Crippen LogP contribution in [-0.2, 0) is 11.3 Å². The summed E-state index contributed by atoms with van der Waals surface area (Å²) >= 11 is 0. The number of methoxy groups -OCH3 is 1. The molecule has 90 valence electrons. The van der Waals surface area contributed by atoms with Crippen LogP contribution in [0.4, 0.5) is 0 Å². The Kier molecular flexibility index (Phi) is 5.74. The summed E-state index contributed by atoms with van der Waals surface area (Å²) < 4.78 is 6.77. The first-order chi connectivity index (χ1) is 7.79. The van der Waals surface area contributed by atoms with Crippen LogP contribution in [0.2, 0.25) is 0 Å². The Balaban J connectivity index is 2.42. The fraction of sp³-hybridized carbons (Fsp3) is 0.636. The normalized spacial score (nSPS) is 10.6. The molecule has 0 saturated heterocycles. The summed E-state index contributed by atoms with van der Waals surface area (Å²) in [6.07, 6.45) is 4.50. The van der Waals surface area contributed by atoms with Gasteiger partial charge in [0.05, 0.1) is 13.2 Å². The molecule has 0 saturated carbocycles. The average Bonchev–Trinajstić information content (AvgIpc) is 2.73. The molecule has 1 rings (SSSR count). The first kappa shape index (κ1) is 12.9. The van der Waals surface area contributed by atoms with Crippen molar-refractivity contribution in [3.05, 3.63) is 18.2 Å². The topological polar surface area (TPSA) is 56.2 Å². The predicted molar refractivity (Wildman–Crippen MR) is 61.6 cm³/mol. The zero-order valence-corrected chi connectivity index (χ0v) is 9.90. The zero-order chi connectivity index (χ0) is 11.8. The highest BCUT2D eigenvalue weighted by molar-refractivity contribution is 5.94. The number of ether oxygens (including phenoxy) is 1. The second-order valence-corrected chi connectivity index (χ2v) is 3.54. The number of nitrogens with zero attached hydrogens (tertiary/aromatic N) is 2. The first-order valence-corrected chi connectivity index (χ1v) is 5.53. The standard InChI is InChI=1S/C11H19N3O2/c1-3-6-14-7-4-13-11(14)10(15)9-12-5-8-16-2/h4,7,12H,3,5-6,8-9H2,1-2H3. The molecule has 1 aromatic heterocycles. The van der Waals surface area contributed by atoms with Gasteiger partial charge in [-0.3, -0.25) is 4.79 Å². The Labute approximate surface area is 95.8 Å². The largest absolute Gasteiger partial charge is 0.383 e. The SMILES string of the molecule is CCCn1ccnc1C(=O)CNCCOC. The summed E-state index contributed by atoms with van der Waals surface area (Å²) in [5.74, 6) is 0.557. The van der Waals surface area contributed by atoms with Gasteiger partial charge < -0.3 is 14.6 Å². The lowest BCUT2D eigenvalue weighted by atomic mass is 10.3. The molecular weight excluding hydrogens is 206 g/mol. The van der Waals surface area contributed by atoms with E-state index < -0.39 is 0 Å². The highest BCUT2D eigenvalue weighted by atomic mass is 16.5. The lowest BCUT2D eigenvalue weighted by molar-refractivity contribution is 0.0973. The van der Waals surface area contributed by atoms with Crippen molar-refractivity contribution < 1.29 is 9.53 Å². The van der Waals surface area contributed by atoms with E-state index in [0.717, 1.165) is 13.0 Å². The lowest BCUT2D eigenvalue weighted by Gasteiger charge is -2.06. The number of rotatable bonds is 8. The first-order valence-electron chi connectivity index (χ1n) is 5.53. The van der Waals surface area contributed by atoms with Crippen LogP contribution in [0.3, 0.4) is 0 Å². The van der Waals surface area contributed by atoms with E-state index >= 15 is 0 Å². The smallest absolute Gasteiger partial charge is 0.211 e. The second-order valence-electron chi connectivity index (χ2n) is 3.54. The number of carbonyl (C=O) groups is 1. The van der Waals surface area contributed by atoms with Crippen molar-refractivity contribution in [2.45, 2.75) is 19.9 Å². The molecule has 0 aliphatic heterocycles. The monoisotopic (exact) mass is 225 g/mol. The average molecular weight is 225 g/mol. The van der Waals surface area contributed by atoms with Gasteiger partial charge in [0, 0.05) is 32.6 Å². The molecule has 16 heavy (non-hydrogen) atoms. The van der Waals surface area contributed by atoms with Gasteiger partial charge in [-0.15, -0.1) is 0 Å². The Morgan fingerprint density at radius 2 is 2.44 bits per heavy atom. The van der Waals surface area contributed by atoms with Crippen molar-refractivity contribution >= 4 is 5.78 Å². The number of aromatic nitrogens is 2. The molecule has 1 heterocycles. The molecule has 0 radical (unpaired) electrons. The molecule has 0 atom stereocenters. The quantitative estimate of drug-likeness (QED) is 0.523. The molecule has 1 N–H and O–H groups in total. The molecule has 5 nitrogen and oxygen atoms in total. The third-order valence-corrected chi connectivity index (χ3v) is 2.20. The molecule has 0 aliphatic rings. The summed E-state index contributed by atoms with van der Waals surface area (Å²) in [5.41, 5.74) is 0. The highest BCUT2D eigenvalue weighted by Crippen LogP contribution is 2.00. The third-order valence-electron chi connectivity index (χ3n) is 2.20. The highest BCUT2D eigenvalue weighted by Gasteiger charge is 2.11. The number of imidazole rings is 1. The van der Waals surface area contributed by atoms with Crippen molar-refractivity contribution in [1.29, 1.82) is 0 Å². The number of hydrogen-bond acceptors (Lipinski definition) is 4. The maximum absolute atomic E-state index is 11.8. The van der Waals surface area contributed by atoms with Crippen molar-refractivity contribution in [2.75, 3.05) is 26.8 Å². The van der Waals surface area contributed by atoms with Crippen molar-refractivity contribution in [3.63, 3.8) is 0 Å². The van der Waals surface area contributed by atoms with Crippen LogP contribution in [0.15, 0.2) is 12.4 Å². The molecule has 0 aromatic carbocycles.